The van der Waals surface area contributed by atoms with E-state index in [0.29, 0.717) is 18.8 Å². The highest BCUT2D eigenvalue weighted by molar-refractivity contribution is 7.99. The maximum Gasteiger partial charge on any atom is 0.243 e. The summed E-state index contributed by atoms with van der Waals surface area (Å²) >= 11 is 1.46. The van der Waals surface area contributed by atoms with E-state index < -0.39 is 10.0 Å². The number of nitrogens with zero attached hydrogens (tertiary/aromatic N) is 1. The number of carbonyl (C=O) groups excluding carboxylic acids is 1. The molecule has 0 radical (unpaired) electrons. The van der Waals surface area contributed by atoms with Crippen molar-refractivity contribution in [2.24, 2.45) is 0 Å². The van der Waals surface area contributed by atoms with Crippen LogP contribution in [0.15, 0.2) is 29.2 Å². The van der Waals surface area contributed by atoms with Crippen molar-refractivity contribution in [3.8, 4) is 0 Å². The molecule has 1 rings (SSSR count). The molecule has 0 saturated heterocycles. The molecule has 0 bridgehead atoms. The third-order valence-corrected chi connectivity index (χ3v) is 5.99. The second-order valence-corrected chi connectivity index (χ2v) is 7.68. The molecule has 0 aliphatic rings. The molecule has 0 aliphatic carbocycles. The van der Waals surface area contributed by atoms with Crippen LogP contribution in [-0.2, 0) is 14.8 Å². The van der Waals surface area contributed by atoms with Gasteiger partial charge in [0.1, 0.15) is 0 Å². The standard InChI is InChI=1S/C15H24N2O3S2/c1-5-17(6-2)22(19,20)14-9-7-13(8-10-14)12(3)16-15(18)11-21-4/h7-10,12H,5-6,11H2,1-4H3,(H,16,18). The minimum absolute atomic E-state index is 0.0279. The topological polar surface area (TPSA) is 66.5 Å². The van der Waals surface area contributed by atoms with E-state index >= 15 is 0 Å². The largest absolute Gasteiger partial charge is 0.349 e. The van der Waals surface area contributed by atoms with Gasteiger partial charge < -0.3 is 5.32 Å². The molecule has 22 heavy (non-hydrogen) atoms. The fourth-order valence-electron chi connectivity index (χ4n) is 2.14. The third kappa shape index (κ3) is 4.72. The van der Waals surface area contributed by atoms with E-state index in [0.717, 1.165) is 5.56 Å². The van der Waals surface area contributed by atoms with Crippen LogP contribution < -0.4 is 5.32 Å². The molecule has 0 heterocycles. The predicted octanol–water partition coefficient (Wildman–Crippen LogP) is 2.26. The highest BCUT2D eigenvalue weighted by atomic mass is 32.2. The van der Waals surface area contributed by atoms with Crippen molar-refractivity contribution in [2.45, 2.75) is 31.7 Å². The second kappa shape index (κ2) is 8.55. The minimum atomic E-state index is -3.43. The molecule has 1 N–H and O–H groups in total. The molecular weight excluding hydrogens is 320 g/mol. The first-order chi connectivity index (χ1) is 10.4. The van der Waals surface area contributed by atoms with Crippen LogP contribution in [0.2, 0.25) is 0 Å². The van der Waals surface area contributed by atoms with E-state index in [4.69, 9.17) is 0 Å². The summed E-state index contributed by atoms with van der Waals surface area (Å²) in [5, 5.41) is 2.88. The number of carbonyl (C=O) groups is 1. The van der Waals surface area contributed by atoms with Crippen molar-refractivity contribution in [3.63, 3.8) is 0 Å². The Balaban J connectivity index is 2.88. The fraction of sp³-hybridized carbons (Fsp3) is 0.533. The number of rotatable bonds is 8. The summed E-state index contributed by atoms with van der Waals surface area (Å²) in [4.78, 5) is 11.9. The van der Waals surface area contributed by atoms with Crippen LogP contribution in [0.3, 0.4) is 0 Å². The second-order valence-electron chi connectivity index (χ2n) is 4.88. The van der Waals surface area contributed by atoms with Gasteiger partial charge in [-0.2, -0.15) is 16.1 Å². The van der Waals surface area contributed by atoms with Crippen LogP contribution in [0.1, 0.15) is 32.4 Å². The lowest BCUT2D eigenvalue weighted by Gasteiger charge is -2.19. The molecule has 0 aliphatic heterocycles. The Kier molecular flexibility index (Phi) is 7.38. The van der Waals surface area contributed by atoms with Gasteiger partial charge in [0.2, 0.25) is 15.9 Å². The van der Waals surface area contributed by atoms with Gasteiger partial charge in [-0.05, 0) is 30.9 Å². The highest BCUT2D eigenvalue weighted by Gasteiger charge is 2.21. The Morgan fingerprint density at radius 1 is 1.23 bits per heavy atom. The average Bonchev–Trinajstić information content (AvgIpc) is 2.48. The minimum Gasteiger partial charge on any atom is -0.349 e. The molecule has 124 valence electrons. The molecule has 5 nitrogen and oxygen atoms in total. The Hall–Kier alpha value is -1.05. The zero-order valence-electron chi connectivity index (χ0n) is 13.5. The van der Waals surface area contributed by atoms with E-state index in [1.165, 1.54) is 16.1 Å². The van der Waals surface area contributed by atoms with E-state index in [1.807, 2.05) is 27.0 Å². The van der Waals surface area contributed by atoms with E-state index in [1.54, 1.807) is 24.3 Å². The number of benzene rings is 1. The monoisotopic (exact) mass is 344 g/mol. The predicted molar refractivity (Wildman–Crippen MR) is 91.5 cm³/mol. The van der Waals surface area contributed by atoms with Gasteiger partial charge in [0, 0.05) is 13.1 Å². The maximum absolute atomic E-state index is 12.4. The Labute approximate surface area is 137 Å². The Bertz CT molecular complexity index is 581. The quantitative estimate of drug-likeness (QED) is 0.785. The molecule has 0 saturated carbocycles. The summed E-state index contributed by atoms with van der Waals surface area (Å²) in [5.41, 5.74) is 0.882. The van der Waals surface area contributed by atoms with Crippen molar-refractivity contribution in [3.05, 3.63) is 29.8 Å². The van der Waals surface area contributed by atoms with Crippen molar-refractivity contribution < 1.29 is 13.2 Å². The maximum atomic E-state index is 12.4. The van der Waals surface area contributed by atoms with E-state index in [-0.39, 0.29) is 16.8 Å². The SMILES string of the molecule is CCN(CC)S(=O)(=O)c1ccc(C(C)NC(=O)CSC)cc1. The molecule has 1 amide bonds. The summed E-state index contributed by atoms with van der Waals surface area (Å²) in [6.07, 6.45) is 1.87. The molecule has 1 unspecified atom stereocenters. The van der Waals surface area contributed by atoms with Gasteiger partial charge in [-0.1, -0.05) is 26.0 Å². The molecule has 1 atom stereocenters. The van der Waals surface area contributed by atoms with Gasteiger partial charge in [-0.3, -0.25) is 4.79 Å². The number of amides is 1. The lowest BCUT2D eigenvalue weighted by Crippen LogP contribution is -2.30. The number of hydrogen-bond donors (Lipinski definition) is 1. The van der Waals surface area contributed by atoms with Crippen LogP contribution in [-0.4, -0.2) is 43.7 Å². The first kappa shape index (κ1) is 19.0. The number of hydrogen-bond acceptors (Lipinski definition) is 4. The summed E-state index contributed by atoms with van der Waals surface area (Å²) in [6.45, 7) is 6.41. The Morgan fingerprint density at radius 3 is 2.23 bits per heavy atom. The highest BCUT2D eigenvalue weighted by Crippen LogP contribution is 2.19. The van der Waals surface area contributed by atoms with Crippen molar-refractivity contribution in [1.82, 2.24) is 9.62 Å². The molecule has 7 heteroatoms. The van der Waals surface area contributed by atoms with Crippen LogP contribution in [0, 0.1) is 0 Å². The Morgan fingerprint density at radius 2 is 1.77 bits per heavy atom. The molecule has 1 aromatic carbocycles. The van der Waals surface area contributed by atoms with Crippen LogP contribution in [0.5, 0.6) is 0 Å². The van der Waals surface area contributed by atoms with Gasteiger partial charge in [0.25, 0.3) is 0 Å². The van der Waals surface area contributed by atoms with Crippen LogP contribution in [0.4, 0.5) is 0 Å². The van der Waals surface area contributed by atoms with Crippen LogP contribution in [0.25, 0.3) is 0 Å². The molecular formula is C15H24N2O3S2. The number of nitrogens with one attached hydrogen (secondary N) is 1. The molecule has 0 aromatic heterocycles. The summed E-state index contributed by atoms with van der Waals surface area (Å²) < 4.78 is 26.2. The smallest absolute Gasteiger partial charge is 0.243 e. The summed E-state index contributed by atoms with van der Waals surface area (Å²) in [6, 6.07) is 6.55. The zero-order chi connectivity index (χ0) is 16.8. The van der Waals surface area contributed by atoms with E-state index in [2.05, 4.69) is 5.32 Å². The normalized spacial score (nSPS) is 13.1. The summed E-state index contributed by atoms with van der Waals surface area (Å²) in [7, 11) is -3.43. The van der Waals surface area contributed by atoms with Gasteiger partial charge in [0.05, 0.1) is 16.7 Å². The molecule has 0 fully saturated rings. The van der Waals surface area contributed by atoms with Crippen molar-refractivity contribution >= 4 is 27.7 Å². The lowest BCUT2D eigenvalue weighted by atomic mass is 10.1. The van der Waals surface area contributed by atoms with Crippen molar-refractivity contribution in [1.29, 1.82) is 0 Å². The van der Waals surface area contributed by atoms with Gasteiger partial charge in [0.15, 0.2) is 0 Å². The van der Waals surface area contributed by atoms with Gasteiger partial charge >= 0.3 is 0 Å². The van der Waals surface area contributed by atoms with Crippen LogP contribution >= 0.6 is 11.8 Å². The van der Waals surface area contributed by atoms with Gasteiger partial charge in [-0.15, -0.1) is 0 Å². The first-order valence-electron chi connectivity index (χ1n) is 7.25. The number of sulfonamides is 1. The fourth-order valence-corrected chi connectivity index (χ4v) is 3.94. The van der Waals surface area contributed by atoms with Gasteiger partial charge in [-0.25, -0.2) is 8.42 Å². The zero-order valence-corrected chi connectivity index (χ0v) is 15.1. The molecule has 0 spiro atoms. The number of thioether (sulfide) groups is 1. The average molecular weight is 345 g/mol. The van der Waals surface area contributed by atoms with E-state index in [9.17, 15) is 13.2 Å². The molecule has 1 aromatic rings. The summed E-state index contributed by atoms with van der Waals surface area (Å²) in [5.74, 6) is 0.388. The first-order valence-corrected chi connectivity index (χ1v) is 10.1. The third-order valence-electron chi connectivity index (χ3n) is 3.38. The van der Waals surface area contributed by atoms with Crippen molar-refractivity contribution in [2.75, 3.05) is 25.1 Å². The lowest BCUT2D eigenvalue weighted by molar-refractivity contribution is -0.119.